The molecule has 0 aliphatic carbocycles. The average Bonchev–Trinajstić information content (AvgIpc) is 2.41. The van der Waals surface area contributed by atoms with Gasteiger partial charge in [-0.05, 0) is 12.6 Å². The van der Waals surface area contributed by atoms with Gasteiger partial charge in [-0.3, -0.25) is 0 Å². The molecule has 1 aliphatic rings. The maximum atomic E-state index is 14.3. The molecule has 0 saturated carbocycles. The first-order valence-corrected chi connectivity index (χ1v) is 7.71. The third kappa shape index (κ3) is 3.52. The lowest BCUT2D eigenvalue weighted by Gasteiger charge is -2.35. The number of piperazine rings is 1. The van der Waals surface area contributed by atoms with Gasteiger partial charge in [0.15, 0.2) is 16.9 Å². The van der Waals surface area contributed by atoms with E-state index < -0.39 is 11.1 Å². The van der Waals surface area contributed by atoms with E-state index in [0.29, 0.717) is 11.3 Å². The van der Waals surface area contributed by atoms with E-state index in [0.717, 1.165) is 32.7 Å². The van der Waals surface area contributed by atoms with Crippen molar-refractivity contribution in [3.8, 4) is 0 Å². The Kier molecular flexibility index (Phi) is 4.90. The number of halogens is 1. The van der Waals surface area contributed by atoms with E-state index in [1.54, 1.807) is 18.2 Å². The molecule has 1 aliphatic heterocycles. The lowest BCUT2D eigenvalue weighted by molar-refractivity contribution is 0.270. The average molecular weight is 286 g/mol. The van der Waals surface area contributed by atoms with Gasteiger partial charge in [0, 0.05) is 31.7 Å². The van der Waals surface area contributed by atoms with Crippen LogP contribution < -0.4 is 4.90 Å². The highest BCUT2D eigenvalue weighted by Crippen LogP contribution is 2.24. The quantitative estimate of drug-likeness (QED) is 0.856. The van der Waals surface area contributed by atoms with Crippen molar-refractivity contribution in [3.63, 3.8) is 0 Å². The van der Waals surface area contributed by atoms with E-state index in [2.05, 4.69) is 11.8 Å². The van der Waals surface area contributed by atoms with Crippen LogP contribution in [0.3, 0.4) is 0 Å². The molecule has 1 heterocycles. The molecule has 1 N–H and O–H groups in total. The van der Waals surface area contributed by atoms with Gasteiger partial charge in [-0.1, -0.05) is 19.1 Å². The molecule has 19 heavy (non-hydrogen) atoms. The predicted molar refractivity (Wildman–Crippen MR) is 75.2 cm³/mol. The maximum Gasteiger partial charge on any atom is 0.157 e. The van der Waals surface area contributed by atoms with Crippen LogP contribution in [0.2, 0.25) is 0 Å². The number of benzene rings is 1. The van der Waals surface area contributed by atoms with Crippen molar-refractivity contribution >= 4 is 16.8 Å². The third-order valence-corrected chi connectivity index (χ3v) is 4.06. The summed E-state index contributed by atoms with van der Waals surface area (Å²) in [5.74, 6) is -0.524. The molecule has 1 aromatic carbocycles. The first kappa shape index (κ1) is 14.4. The molecule has 6 heteroatoms. The monoisotopic (exact) mass is 286 g/mol. The summed E-state index contributed by atoms with van der Waals surface area (Å²) in [6.07, 6.45) is 0. The van der Waals surface area contributed by atoms with Crippen molar-refractivity contribution in [1.82, 2.24) is 4.90 Å². The van der Waals surface area contributed by atoms with Gasteiger partial charge in [0.25, 0.3) is 0 Å². The highest BCUT2D eigenvalue weighted by Gasteiger charge is 2.20. The smallest absolute Gasteiger partial charge is 0.157 e. The van der Waals surface area contributed by atoms with Gasteiger partial charge in [-0.2, -0.15) is 0 Å². The van der Waals surface area contributed by atoms with Gasteiger partial charge in [0.1, 0.15) is 0 Å². The molecule has 106 valence electrons. The van der Waals surface area contributed by atoms with Crippen LogP contribution in [0.25, 0.3) is 0 Å². The minimum atomic E-state index is -2.01. The van der Waals surface area contributed by atoms with E-state index in [1.165, 1.54) is 0 Å². The minimum Gasteiger partial charge on any atom is -0.367 e. The molecule has 2 rings (SSSR count). The topological polar surface area (TPSA) is 43.8 Å². The van der Waals surface area contributed by atoms with E-state index >= 15 is 0 Å². The van der Waals surface area contributed by atoms with E-state index in [1.807, 2.05) is 4.90 Å². The Balaban J connectivity index is 2.14. The molecule has 0 spiro atoms. The first-order valence-electron chi connectivity index (χ1n) is 6.44. The van der Waals surface area contributed by atoms with Crippen molar-refractivity contribution < 1.29 is 13.2 Å². The van der Waals surface area contributed by atoms with Gasteiger partial charge in [-0.25, -0.2) is 8.60 Å². The number of rotatable bonds is 4. The second-order valence-corrected chi connectivity index (χ2v) is 5.57. The standard InChI is InChI=1S/C13H19FN2O2S/c1-2-15-6-8-16(9-7-15)12-5-3-4-11(13(12)14)10-19(17)18/h3-5H,2,6-10H2,1H3,(H,17,18). The number of hydrogen-bond acceptors (Lipinski definition) is 3. The highest BCUT2D eigenvalue weighted by molar-refractivity contribution is 7.78. The molecule has 1 unspecified atom stereocenters. The molecular weight excluding hydrogens is 267 g/mol. The van der Waals surface area contributed by atoms with Crippen LogP contribution in [0, 0.1) is 5.82 Å². The molecular formula is C13H19FN2O2S. The number of anilines is 1. The normalized spacial score (nSPS) is 18.6. The van der Waals surface area contributed by atoms with Crippen molar-refractivity contribution in [2.75, 3.05) is 37.6 Å². The number of likely N-dealkylation sites (N-methyl/N-ethyl adjacent to an activating group) is 1. The highest BCUT2D eigenvalue weighted by atomic mass is 32.2. The van der Waals surface area contributed by atoms with Crippen LogP contribution in [0.4, 0.5) is 10.1 Å². The first-order chi connectivity index (χ1) is 9.11. The predicted octanol–water partition coefficient (Wildman–Crippen LogP) is 1.69. The van der Waals surface area contributed by atoms with E-state index in [-0.39, 0.29) is 11.6 Å². The van der Waals surface area contributed by atoms with E-state index in [4.69, 9.17) is 4.55 Å². The molecule has 0 amide bonds. The fourth-order valence-corrected chi connectivity index (χ4v) is 2.85. The zero-order valence-electron chi connectivity index (χ0n) is 11.0. The Hall–Kier alpha value is -0.980. The van der Waals surface area contributed by atoms with Gasteiger partial charge in [0.2, 0.25) is 0 Å². The van der Waals surface area contributed by atoms with Crippen LogP contribution in [-0.4, -0.2) is 46.4 Å². The fraction of sp³-hybridized carbons (Fsp3) is 0.538. The number of hydrogen-bond donors (Lipinski definition) is 1. The molecule has 0 aromatic heterocycles. The summed E-state index contributed by atoms with van der Waals surface area (Å²) >= 11 is -2.01. The van der Waals surface area contributed by atoms with Gasteiger partial charge >= 0.3 is 0 Å². The van der Waals surface area contributed by atoms with Crippen molar-refractivity contribution in [2.24, 2.45) is 0 Å². The van der Waals surface area contributed by atoms with Gasteiger partial charge in [0.05, 0.1) is 11.4 Å². The van der Waals surface area contributed by atoms with Crippen molar-refractivity contribution in [1.29, 1.82) is 0 Å². The summed E-state index contributed by atoms with van der Waals surface area (Å²) in [5.41, 5.74) is 0.843. The summed E-state index contributed by atoms with van der Waals surface area (Å²) in [7, 11) is 0. The maximum absolute atomic E-state index is 14.3. The van der Waals surface area contributed by atoms with Crippen LogP contribution in [0.15, 0.2) is 18.2 Å². The second kappa shape index (κ2) is 6.45. The second-order valence-electron chi connectivity index (χ2n) is 4.64. The fourth-order valence-electron chi connectivity index (χ4n) is 2.36. The van der Waals surface area contributed by atoms with E-state index in [9.17, 15) is 8.60 Å². The molecule has 1 aromatic rings. The van der Waals surface area contributed by atoms with Crippen molar-refractivity contribution in [3.05, 3.63) is 29.6 Å². The Morgan fingerprint density at radius 2 is 2.00 bits per heavy atom. The largest absolute Gasteiger partial charge is 0.367 e. The SMILES string of the molecule is CCN1CCN(c2cccc(CS(=O)O)c2F)CC1. The Morgan fingerprint density at radius 3 is 2.58 bits per heavy atom. The molecule has 4 nitrogen and oxygen atoms in total. The van der Waals surface area contributed by atoms with Crippen LogP contribution in [0.5, 0.6) is 0 Å². The summed E-state index contributed by atoms with van der Waals surface area (Å²) in [6, 6.07) is 5.04. The third-order valence-electron chi connectivity index (χ3n) is 3.50. The Bertz CT molecular complexity index is 462. The Morgan fingerprint density at radius 1 is 1.32 bits per heavy atom. The van der Waals surface area contributed by atoms with Crippen molar-refractivity contribution in [2.45, 2.75) is 12.7 Å². The molecule has 1 atom stereocenters. The lowest BCUT2D eigenvalue weighted by atomic mass is 10.1. The lowest BCUT2D eigenvalue weighted by Crippen LogP contribution is -2.46. The number of nitrogens with zero attached hydrogens (tertiary/aromatic N) is 2. The Labute approximate surface area is 115 Å². The molecule has 0 bridgehead atoms. The minimum absolute atomic E-state index is 0.158. The summed E-state index contributed by atoms with van der Waals surface area (Å²) in [5, 5.41) is 0. The zero-order valence-corrected chi connectivity index (χ0v) is 11.8. The summed E-state index contributed by atoms with van der Waals surface area (Å²) in [4.78, 5) is 4.33. The summed E-state index contributed by atoms with van der Waals surface area (Å²) < 4.78 is 34.0. The van der Waals surface area contributed by atoms with Gasteiger partial charge < -0.3 is 14.4 Å². The van der Waals surface area contributed by atoms with Gasteiger partial charge in [-0.15, -0.1) is 0 Å². The van der Waals surface area contributed by atoms with Crippen LogP contribution >= 0.6 is 0 Å². The molecule has 0 radical (unpaired) electrons. The van der Waals surface area contributed by atoms with Crippen LogP contribution in [-0.2, 0) is 16.8 Å². The summed E-state index contributed by atoms with van der Waals surface area (Å²) in [6.45, 7) is 6.55. The van der Waals surface area contributed by atoms with Crippen LogP contribution in [0.1, 0.15) is 12.5 Å². The molecule has 1 saturated heterocycles. The molecule has 1 fully saturated rings. The zero-order chi connectivity index (χ0) is 13.8.